The van der Waals surface area contributed by atoms with Crippen LogP contribution in [0.2, 0.25) is 0 Å². The summed E-state index contributed by atoms with van der Waals surface area (Å²) in [7, 11) is 0. The van der Waals surface area contributed by atoms with E-state index in [9.17, 15) is 14.7 Å². The molecule has 1 aliphatic carbocycles. The molecule has 6 heteroatoms. The first-order chi connectivity index (χ1) is 10.0. The van der Waals surface area contributed by atoms with Crippen LogP contribution in [0.4, 0.5) is 4.79 Å². The van der Waals surface area contributed by atoms with Crippen molar-refractivity contribution in [2.75, 3.05) is 19.8 Å². The number of hydrogen-bond donors (Lipinski definition) is 3. The third-order valence-electron chi connectivity index (χ3n) is 4.62. The van der Waals surface area contributed by atoms with Gasteiger partial charge in [-0.2, -0.15) is 0 Å². The van der Waals surface area contributed by atoms with Crippen molar-refractivity contribution in [3.63, 3.8) is 0 Å². The van der Waals surface area contributed by atoms with Gasteiger partial charge in [-0.25, -0.2) is 9.59 Å². The van der Waals surface area contributed by atoms with E-state index in [1.54, 1.807) is 0 Å². The Balaban J connectivity index is 1.79. The summed E-state index contributed by atoms with van der Waals surface area (Å²) >= 11 is 0. The molecular weight excluding hydrogens is 272 g/mol. The number of ether oxygens (including phenoxy) is 1. The molecule has 2 aliphatic rings. The molecule has 0 radical (unpaired) electrons. The fourth-order valence-corrected chi connectivity index (χ4v) is 3.37. The molecule has 1 saturated heterocycles. The van der Waals surface area contributed by atoms with E-state index in [1.807, 2.05) is 6.92 Å². The Morgan fingerprint density at radius 2 is 2.19 bits per heavy atom. The Hall–Kier alpha value is -1.30. The van der Waals surface area contributed by atoms with Crippen LogP contribution >= 0.6 is 0 Å². The Labute approximate surface area is 125 Å². The maximum atomic E-state index is 12.0. The van der Waals surface area contributed by atoms with Crippen molar-refractivity contribution in [3.8, 4) is 0 Å². The van der Waals surface area contributed by atoms with Crippen LogP contribution in [0.25, 0.3) is 0 Å². The lowest BCUT2D eigenvalue weighted by Gasteiger charge is -2.37. The highest BCUT2D eigenvalue weighted by atomic mass is 16.5. The highest BCUT2D eigenvalue weighted by Crippen LogP contribution is 2.32. The molecule has 3 unspecified atom stereocenters. The van der Waals surface area contributed by atoms with E-state index in [0.717, 1.165) is 38.9 Å². The number of rotatable bonds is 5. The van der Waals surface area contributed by atoms with Crippen LogP contribution in [-0.4, -0.2) is 42.4 Å². The first kappa shape index (κ1) is 16.1. The predicted molar refractivity (Wildman–Crippen MR) is 78.1 cm³/mol. The average molecular weight is 298 g/mol. The number of carbonyl (C=O) groups is 2. The van der Waals surface area contributed by atoms with Gasteiger partial charge in [-0.3, -0.25) is 0 Å². The van der Waals surface area contributed by atoms with E-state index in [1.165, 1.54) is 0 Å². The first-order valence-corrected chi connectivity index (χ1v) is 7.89. The van der Waals surface area contributed by atoms with Crippen molar-refractivity contribution in [2.24, 2.45) is 11.8 Å². The van der Waals surface area contributed by atoms with Crippen LogP contribution in [0.1, 0.15) is 45.4 Å². The van der Waals surface area contributed by atoms with Gasteiger partial charge in [0.25, 0.3) is 0 Å². The highest BCUT2D eigenvalue weighted by Gasteiger charge is 2.43. The monoisotopic (exact) mass is 298 g/mol. The van der Waals surface area contributed by atoms with Gasteiger partial charge in [0.05, 0.1) is 0 Å². The van der Waals surface area contributed by atoms with Gasteiger partial charge in [-0.05, 0) is 37.5 Å². The molecule has 2 rings (SSSR count). The SMILES string of the molecule is CC1CCCC(NC(=O)NCCC2CCOC2)(C(=O)O)C1. The molecule has 120 valence electrons. The van der Waals surface area contributed by atoms with E-state index in [4.69, 9.17) is 4.74 Å². The number of urea groups is 1. The van der Waals surface area contributed by atoms with E-state index in [2.05, 4.69) is 10.6 Å². The molecule has 2 amide bonds. The quantitative estimate of drug-likeness (QED) is 0.721. The second-order valence-electron chi connectivity index (χ2n) is 6.49. The van der Waals surface area contributed by atoms with Crippen molar-refractivity contribution in [2.45, 2.75) is 51.0 Å². The molecule has 2 fully saturated rings. The van der Waals surface area contributed by atoms with Crippen LogP contribution in [-0.2, 0) is 9.53 Å². The standard InChI is InChI=1S/C15H26N2O4/c1-11-3-2-6-15(9-11,13(18)19)17-14(20)16-7-4-12-5-8-21-10-12/h11-12H,2-10H2,1H3,(H,18,19)(H2,16,17,20). The normalized spacial score (nSPS) is 32.6. The molecule has 21 heavy (non-hydrogen) atoms. The molecule has 0 bridgehead atoms. The van der Waals surface area contributed by atoms with Gasteiger partial charge in [0.2, 0.25) is 0 Å². The second-order valence-corrected chi connectivity index (χ2v) is 6.49. The summed E-state index contributed by atoms with van der Waals surface area (Å²) in [6.07, 6.45) is 4.81. The molecule has 1 heterocycles. The summed E-state index contributed by atoms with van der Waals surface area (Å²) in [5, 5.41) is 15.0. The molecule has 1 aliphatic heterocycles. The number of nitrogens with one attached hydrogen (secondary N) is 2. The minimum atomic E-state index is -1.10. The molecule has 0 spiro atoms. The van der Waals surface area contributed by atoms with Crippen molar-refractivity contribution < 1.29 is 19.4 Å². The third-order valence-corrected chi connectivity index (χ3v) is 4.62. The number of carboxylic acids is 1. The molecule has 0 aromatic rings. The maximum Gasteiger partial charge on any atom is 0.329 e. The first-order valence-electron chi connectivity index (χ1n) is 7.89. The van der Waals surface area contributed by atoms with E-state index in [0.29, 0.717) is 31.2 Å². The van der Waals surface area contributed by atoms with Crippen LogP contribution in [0.3, 0.4) is 0 Å². The van der Waals surface area contributed by atoms with Gasteiger partial charge in [-0.1, -0.05) is 19.8 Å². The van der Waals surface area contributed by atoms with Crippen molar-refractivity contribution in [3.05, 3.63) is 0 Å². The minimum absolute atomic E-state index is 0.325. The fraction of sp³-hybridized carbons (Fsp3) is 0.867. The molecular formula is C15H26N2O4. The predicted octanol–water partition coefficient (Wildman–Crippen LogP) is 1.75. The summed E-state index contributed by atoms with van der Waals surface area (Å²) in [4.78, 5) is 23.6. The zero-order chi connectivity index (χ0) is 15.3. The zero-order valence-electron chi connectivity index (χ0n) is 12.7. The van der Waals surface area contributed by atoms with Crippen LogP contribution in [0.15, 0.2) is 0 Å². The molecule has 0 aromatic heterocycles. The Morgan fingerprint density at radius 3 is 2.81 bits per heavy atom. The summed E-state index contributed by atoms with van der Waals surface area (Å²) < 4.78 is 5.29. The van der Waals surface area contributed by atoms with Crippen LogP contribution < -0.4 is 10.6 Å². The number of hydrogen-bond acceptors (Lipinski definition) is 3. The molecule has 3 N–H and O–H groups in total. The lowest BCUT2D eigenvalue weighted by atomic mass is 9.76. The average Bonchev–Trinajstić information content (AvgIpc) is 2.91. The van der Waals surface area contributed by atoms with Gasteiger partial charge in [-0.15, -0.1) is 0 Å². The highest BCUT2D eigenvalue weighted by molar-refractivity contribution is 5.86. The topological polar surface area (TPSA) is 87.7 Å². The Morgan fingerprint density at radius 1 is 1.38 bits per heavy atom. The fourth-order valence-electron chi connectivity index (χ4n) is 3.37. The second kappa shape index (κ2) is 7.11. The van der Waals surface area contributed by atoms with Gasteiger partial charge in [0, 0.05) is 19.8 Å². The third kappa shape index (κ3) is 4.33. The molecule has 1 saturated carbocycles. The van der Waals surface area contributed by atoms with Crippen molar-refractivity contribution in [1.82, 2.24) is 10.6 Å². The number of amides is 2. The lowest BCUT2D eigenvalue weighted by Crippen LogP contribution is -2.59. The van der Waals surface area contributed by atoms with Crippen LogP contribution in [0, 0.1) is 11.8 Å². The Bertz CT molecular complexity index is 382. The van der Waals surface area contributed by atoms with E-state index < -0.39 is 11.5 Å². The lowest BCUT2D eigenvalue weighted by molar-refractivity contribution is -0.146. The maximum absolute atomic E-state index is 12.0. The Kier molecular flexibility index (Phi) is 5.45. The van der Waals surface area contributed by atoms with Crippen LogP contribution in [0.5, 0.6) is 0 Å². The van der Waals surface area contributed by atoms with Crippen molar-refractivity contribution >= 4 is 12.0 Å². The largest absolute Gasteiger partial charge is 0.480 e. The van der Waals surface area contributed by atoms with Gasteiger partial charge < -0.3 is 20.5 Å². The molecule has 3 atom stereocenters. The number of aliphatic carboxylic acids is 1. The summed E-state index contributed by atoms with van der Waals surface area (Å²) in [5.41, 5.74) is -1.10. The number of carbonyl (C=O) groups excluding carboxylic acids is 1. The number of carboxylic acid groups (broad SMARTS) is 1. The molecule has 0 aromatic carbocycles. The summed E-state index contributed by atoms with van der Waals surface area (Å²) in [5.74, 6) is -0.0902. The van der Waals surface area contributed by atoms with Gasteiger partial charge in [0.15, 0.2) is 0 Å². The zero-order valence-corrected chi connectivity index (χ0v) is 12.7. The van der Waals surface area contributed by atoms with Gasteiger partial charge >= 0.3 is 12.0 Å². The molecule has 6 nitrogen and oxygen atoms in total. The summed E-state index contributed by atoms with van der Waals surface area (Å²) in [6.45, 7) is 4.17. The smallest absolute Gasteiger partial charge is 0.329 e. The van der Waals surface area contributed by atoms with Gasteiger partial charge in [0.1, 0.15) is 5.54 Å². The van der Waals surface area contributed by atoms with Crippen molar-refractivity contribution in [1.29, 1.82) is 0 Å². The van der Waals surface area contributed by atoms with E-state index in [-0.39, 0.29) is 6.03 Å². The summed E-state index contributed by atoms with van der Waals surface area (Å²) in [6, 6.07) is -0.370. The van der Waals surface area contributed by atoms with E-state index >= 15 is 0 Å². The minimum Gasteiger partial charge on any atom is -0.480 e.